The number of nitrogens with zero attached hydrogens (tertiary/aromatic N) is 1. The summed E-state index contributed by atoms with van der Waals surface area (Å²) in [4.78, 5) is 26.5. The summed E-state index contributed by atoms with van der Waals surface area (Å²) < 4.78 is 16.8. The Morgan fingerprint density at radius 3 is 2.68 bits per heavy atom. The van der Waals surface area contributed by atoms with Gasteiger partial charge in [-0.3, -0.25) is 4.79 Å². The van der Waals surface area contributed by atoms with E-state index in [1.807, 2.05) is 24.0 Å². The topological polar surface area (TPSA) is 69.0 Å². The van der Waals surface area contributed by atoms with Crippen molar-refractivity contribution in [1.29, 1.82) is 0 Å². The fourth-order valence-electron chi connectivity index (χ4n) is 3.82. The lowest BCUT2D eigenvalue weighted by molar-refractivity contribution is -0.140. The molecule has 152 valence electrons. The molecule has 1 aromatic carbocycles. The molecule has 0 bridgehead atoms. The van der Waals surface area contributed by atoms with Crippen molar-refractivity contribution in [2.45, 2.75) is 58.7 Å². The minimum atomic E-state index is -0.610. The zero-order chi connectivity index (χ0) is 20.3. The third-order valence-electron chi connectivity index (χ3n) is 5.45. The van der Waals surface area contributed by atoms with Gasteiger partial charge in [-0.1, -0.05) is 13.3 Å². The number of amides is 1. The van der Waals surface area contributed by atoms with Gasteiger partial charge in [-0.05, 0) is 50.8 Å². The Morgan fingerprint density at radius 1 is 1.32 bits per heavy atom. The van der Waals surface area contributed by atoms with Crippen molar-refractivity contribution >= 4 is 16.9 Å². The van der Waals surface area contributed by atoms with E-state index >= 15 is 0 Å². The van der Waals surface area contributed by atoms with E-state index in [4.69, 9.17) is 13.9 Å². The standard InChI is InChI=1S/C22H29NO5/c1-5-6-16-13-20(24)28-21-14(2)19(8-7-18(16)21)27-15(3)22(25)23-11-9-17(26-4)10-12-23/h7-8,13,15,17H,5-6,9-12H2,1-4H3. The van der Waals surface area contributed by atoms with E-state index in [1.54, 1.807) is 20.1 Å². The molecule has 6 heteroatoms. The molecule has 1 atom stereocenters. The molecular formula is C22H29NO5. The Kier molecular flexibility index (Phi) is 6.39. The van der Waals surface area contributed by atoms with Crippen LogP contribution in [-0.2, 0) is 16.0 Å². The van der Waals surface area contributed by atoms with Crippen molar-refractivity contribution in [2.75, 3.05) is 20.2 Å². The van der Waals surface area contributed by atoms with Crippen LogP contribution in [-0.4, -0.2) is 43.2 Å². The van der Waals surface area contributed by atoms with Gasteiger partial charge in [-0.15, -0.1) is 0 Å². The zero-order valence-electron chi connectivity index (χ0n) is 17.1. The van der Waals surface area contributed by atoms with Crippen LogP contribution in [0.5, 0.6) is 5.75 Å². The average Bonchev–Trinajstić information content (AvgIpc) is 2.70. The van der Waals surface area contributed by atoms with E-state index in [1.165, 1.54) is 0 Å². The van der Waals surface area contributed by atoms with Gasteiger partial charge in [0.25, 0.3) is 5.91 Å². The molecule has 0 spiro atoms. The number of ether oxygens (including phenoxy) is 2. The minimum Gasteiger partial charge on any atom is -0.480 e. The third-order valence-corrected chi connectivity index (χ3v) is 5.45. The zero-order valence-corrected chi connectivity index (χ0v) is 17.1. The summed E-state index contributed by atoms with van der Waals surface area (Å²) in [5, 5.41) is 0.923. The first-order valence-corrected chi connectivity index (χ1v) is 9.99. The highest BCUT2D eigenvalue weighted by Gasteiger charge is 2.27. The molecule has 28 heavy (non-hydrogen) atoms. The second-order valence-corrected chi connectivity index (χ2v) is 7.43. The number of carbonyl (C=O) groups excluding carboxylic acids is 1. The van der Waals surface area contributed by atoms with Gasteiger partial charge in [0.05, 0.1) is 6.10 Å². The minimum absolute atomic E-state index is 0.0322. The van der Waals surface area contributed by atoms with Crippen LogP contribution in [0.25, 0.3) is 11.0 Å². The van der Waals surface area contributed by atoms with E-state index < -0.39 is 6.10 Å². The number of hydrogen-bond acceptors (Lipinski definition) is 5. The average molecular weight is 387 g/mol. The predicted molar refractivity (Wildman–Crippen MR) is 108 cm³/mol. The number of piperidine rings is 1. The molecule has 3 rings (SSSR count). The molecule has 1 unspecified atom stereocenters. The number of benzene rings is 1. The maximum Gasteiger partial charge on any atom is 0.336 e. The van der Waals surface area contributed by atoms with Gasteiger partial charge in [0.15, 0.2) is 6.10 Å². The molecular weight excluding hydrogens is 358 g/mol. The monoisotopic (exact) mass is 387 g/mol. The number of hydrogen-bond donors (Lipinski definition) is 0. The lowest BCUT2D eigenvalue weighted by atomic mass is 10.0. The highest BCUT2D eigenvalue weighted by atomic mass is 16.5. The molecule has 1 fully saturated rings. The van der Waals surface area contributed by atoms with Crippen LogP contribution in [0.3, 0.4) is 0 Å². The Hall–Kier alpha value is -2.34. The van der Waals surface area contributed by atoms with Crippen LogP contribution in [0.2, 0.25) is 0 Å². The largest absolute Gasteiger partial charge is 0.480 e. The molecule has 1 saturated heterocycles. The number of likely N-dealkylation sites (tertiary alicyclic amines) is 1. The molecule has 0 radical (unpaired) electrons. The molecule has 1 aromatic heterocycles. The molecule has 1 amide bonds. The van der Waals surface area contributed by atoms with Crippen molar-refractivity contribution in [3.05, 3.63) is 39.7 Å². The fraction of sp³-hybridized carbons (Fsp3) is 0.545. The molecule has 0 N–H and O–H groups in total. The van der Waals surface area contributed by atoms with Gasteiger partial charge in [0, 0.05) is 37.2 Å². The second kappa shape index (κ2) is 8.78. The van der Waals surface area contributed by atoms with E-state index in [9.17, 15) is 9.59 Å². The van der Waals surface area contributed by atoms with Crippen LogP contribution in [0.15, 0.2) is 27.4 Å². The van der Waals surface area contributed by atoms with Gasteiger partial charge in [-0.25, -0.2) is 4.79 Å². The quantitative estimate of drug-likeness (QED) is 0.710. The number of rotatable bonds is 6. The van der Waals surface area contributed by atoms with Gasteiger partial charge in [-0.2, -0.15) is 0 Å². The lowest BCUT2D eigenvalue weighted by Gasteiger charge is -2.33. The van der Waals surface area contributed by atoms with Gasteiger partial charge < -0.3 is 18.8 Å². The maximum atomic E-state index is 12.8. The van der Waals surface area contributed by atoms with Crippen molar-refractivity contribution in [1.82, 2.24) is 4.90 Å². The van der Waals surface area contributed by atoms with Crippen LogP contribution in [0, 0.1) is 6.92 Å². The molecule has 6 nitrogen and oxygen atoms in total. The van der Waals surface area contributed by atoms with E-state index in [-0.39, 0.29) is 17.6 Å². The second-order valence-electron chi connectivity index (χ2n) is 7.43. The highest BCUT2D eigenvalue weighted by Crippen LogP contribution is 2.30. The number of carbonyl (C=O) groups is 1. The molecule has 0 saturated carbocycles. The maximum absolute atomic E-state index is 12.8. The fourth-order valence-corrected chi connectivity index (χ4v) is 3.82. The van der Waals surface area contributed by atoms with Crippen molar-refractivity contribution in [3.63, 3.8) is 0 Å². The van der Waals surface area contributed by atoms with Crippen molar-refractivity contribution < 1.29 is 18.7 Å². The first-order valence-electron chi connectivity index (χ1n) is 9.99. The molecule has 2 heterocycles. The summed E-state index contributed by atoms with van der Waals surface area (Å²) >= 11 is 0. The van der Waals surface area contributed by atoms with Crippen LogP contribution >= 0.6 is 0 Å². The summed E-state index contributed by atoms with van der Waals surface area (Å²) in [5.41, 5.74) is 1.90. The van der Waals surface area contributed by atoms with Crippen LogP contribution in [0.4, 0.5) is 0 Å². The summed E-state index contributed by atoms with van der Waals surface area (Å²) in [6.45, 7) is 7.05. The Morgan fingerprint density at radius 2 is 2.04 bits per heavy atom. The molecule has 1 aliphatic heterocycles. The van der Waals surface area contributed by atoms with E-state index in [0.29, 0.717) is 24.4 Å². The van der Waals surface area contributed by atoms with Gasteiger partial charge in [0.1, 0.15) is 11.3 Å². The van der Waals surface area contributed by atoms with Crippen molar-refractivity contribution in [2.24, 2.45) is 0 Å². The Balaban J connectivity index is 1.79. The van der Waals surface area contributed by atoms with Gasteiger partial charge >= 0.3 is 5.63 Å². The van der Waals surface area contributed by atoms with Crippen molar-refractivity contribution in [3.8, 4) is 5.75 Å². The number of fused-ring (bicyclic) bond motifs is 1. The van der Waals surface area contributed by atoms with Crippen LogP contribution < -0.4 is 10.4 Å². The van der Waals surface area contributed by atoms with Crippen LogP contribution in [0.1, 0.15) is 44.2 Å². The molecule has 0 aliphatic carbocycles. The predicted octanol–water partition coefficient (Wildman–Crippen LogP) is 3.46. The van der Waals surface area contributed by atoms with Gasteiger partial charge in [0.2, 0.25) is 0 Å². The highest BCUT2D eigenvalue weighted by molar-refractivity contribution is 5.85. The van der Waals surface area contributed by atoms with E-state index in [2.05, 4.69) is 6.92 Å². The number of methoxy groups -OCH3 is 1. The normalized spacial score (nSPS) is 16.4. The lowest BCUT2D eigenvalue weighted by Crippen LogP contribution is -2.46. The SMILES string of the molecule is CCCc1cc(=O)oc2c(C)c(OC(C)C(=O)N3CCC(OC)CC3)ccc12. The Labute approximate surface area is 165 Å². The summed E-state index contributed by atoms with van der Waals surface area (Å²) in [5.74, 6) is 0.534. The first kappa shape index (κ1) is 20.4. The third kappa shape index (κ3) is 4.22. The molecule has 2 aromatic rings. The smallest absolute Gasteiger partial charge is 0.336 e. The molecule has 1 aliphatic rings. The summed E-state index contributed by atoms with van der Waals surface area (Å²) in [7, 11) is 1.71. The first-order chi connectivity index (χ1) is 13.4. The van der Waals surface area contributed by atoms with E-state index in [0.717, 1.165) is 42.2 Å². The summed E-state index contributed by atoms with van der Waals surface area (Å²) in [6.07, 6.45) is 3.06. The Bertz CT molecular complexity index is 896. The number of aryl methyl sites for hydroxylation is 2. The summed E-state index contributed by atoms with van der Waals surface area (Å²) in [6, 6.07) is 5.33.